The largest absolute Gasteiger partial charge is 0.496 e. The maximum absolute atomic E-state index is 11.1. The lowest BCUT2D eigenvalue weighted by molar-refractivity contribution is -0.138. The molecule has 1 aromatic carbocycles. The van der Waals surface area contributed by atoms with Crippen molar-refractivity contribution in [2.75, 3.05) is 7.11 Å². The Morgan fingerprint density at radius 1 is 1.37 bits per heavy atom. The molecular formula is C16H24O3. The van der Waals surface area contributed by atoms with Crippen LogP contribution in [0.1, 0.15) is 51.2 Å². The molecule has 0 heterocycles. The fourth-order valence-corrected chi connectivity index (χ4v) is 2.39. The summed E-state index contributed by atoms with van der Waals surface area (Å²) >= 11 is 0. The Morgan fingerprint density at radius 2 is 2.00 bits per heavy atom. The molecule has 1 N–H and O–H groups in total. The fourth-order valence-electron chi connectivity index (χ4n) is 2.39. The minimum absolute atomic E-state index is 0.00112. The van der Waals surface area contributed by atoms with Crippen LogP contribution in [0.3, 0.4) is 0 Å². The van der Waals surface area contributed by atoms with Crippen LogP contribution in [-0.4, -0.2) is 18.2 Å². The molecule has 0 saturated heterocycles. The van der Waals surface area contributed by atoms with Gasteiger partial charge in [0.25, 0.3) is 0 Å². The Kier molecular flexibility index (Phi) is 4.98. The van der Waals surface area contributed by atoms with Crippen molar-refractivity contribution in [3.05, 3.63) is 29.3 Å². The minimum atomic E-state index is -0.756. The summed E-state index contributed by atoms with van der Waals surface area (Å²) in [6.07, 6.45) is 1.03. The van der Waals surface area contributed by atoms with Gasteiger partial charge in [-0.1, -0.05) is 39.8 Å². The average Bonchev–Trinajstić information content (AvgIpc) is 2.33. The molecule has 1 atom stereocenters. The third kappa shape index (κ3) is 3.98. The summed E-state index contributed by atoms with van der Waals surface area (Å²) in [5.41, 5.74) is 2.12. The number of aliphatic carboxylic acids is 1. The molecule has 3 heteroatoms. The van der Waals surface area contributed by atoms with E-state index < -0.39 is 5.97 Å². The normalized spacial score (nSPS) is 13.1. The molecule has 0 aliphatic rings. The first-order valence-electron chi connectivity index (χ1n) is 6.68. The van der Waals surface area contributed by atoms with Crippen LogP contribution in [0.25, 0.3) is 0 Å². The number of carboxylic acid groups (broad SMARTS) is 1. The number of aryl methyl sites for hydroxylation is 1. The van der Waals surface area contributed by atoms with Gasteiger partial charge in [-0.2, -0.15) is 0 Å². The van der Waals surface area contributed by atoms with E-state index in [1.54, 1.807) is 7.11 Å². The first-order valence-corrected chi connectivity index (χ1v) is 6.68. The molecule has 0 saturated carbocycles. The van der Waals surface area contributed by atoms with Crippen molar-refractivity contribution in [1.82, 2.24) is 0 Å². The van der Waals surface area contributed by atoms with E-state index in [1.165, 1.54) is 0 Å². The van der Waals surface area contributed by atoms with Crippen LogP contribution < -0.4 is 4.74 Å². The number of rotatable bonds is 5. The smallest absolute Gasteiger partial charge is 0.303 e. The second-order valence-electron chi connectivity index (χ2n) is 5.94. The van der Waals surface area contributed by atoms with Gasteiger partial charge in [-0.25, -0.2) is 0 Å². The molecule has 0 radical (unpaired) electrons. The quantitative estimate of drug-likeness (QED) is 0.878. The molecule has 1 unspecified atom stereocenters. The van der Waals surface area contributed by atoms with Crippen molar-refractivity contribution in [2.24, 2.45) is 5.41 Å². The minimum Gasteiger partial charge on any atom is -0.496 e. The lowest BCUT2D eigenvalue weighted by atomic mass is 9.74. The van der Waals surface area contributed by atoms with E-state index in [9.17, 15) is 4.79 Å². The summed E-state index contributed by atoms with van der Waals surface area (Å²) in [5.74, 6) is 0.115. The number of hydrogen-bond acceptors (Lipinski definition) is 2. The van der Waals surface area contributed by atoms with Gasteiger partial charge in [0.05, 0.1) is 13.5 Å². The van der Waals surface area contributed by atoms with Gasteiger partial charge in [0, 0.05) is 0 Å². The van der Waals surface area contributed by atoms with Gasteiger partial charge < -0.3 is 9.84 Å². The van der Waals surface area contributed by atoms with Gasteiger partial charge in [0.15, 0.2) is 0 Å². The number of hydrogen-bond donors (Lipinski definition) is 1. The van der Waals surface area contributed by atoms with Crippen LogP contribution in [0, 0.1) is 5.41 Å². The molecule has 0 bridgehead atoms. The lowest BCUT2D eigenvalue weighted by Crippen LogP contribution is -2.21. The Hall–Kier alpha value is -1.51. The second kappa shape index (κ2) is 6.09. The predicted molar refractivity (Wildman–Crippen MR) is 76.8 cm³/mol. The standard InChI is InChI=1S/C16H24O3/c1-6-11-9-12(7-8-14(11)19-5)13(10-15(17)18)16(2,3)4/h7-9,13H,6,10H2,1-5H3,(H,17,18). The van der Waals surface area contributed by atoms with Crippen molar-refractivity contribution >= 4 is 5.97 Å². The van der Waals surface area contributed by atoms with Crippen LogP contribution in [0.2, 0.25) is 0 Å². The van der Waals surface area contributed by atoms with Gasteiger partial charge in [0.1, 0.15) is 5.75 Å². The van der Waals surface area contributed by atoms with Gasteiger partial charge >= 0.3 is 5.97 Å². The van der Waals surface area contributed by atoms with Crippen molar-refractivity contribution in [2.45, 2.75) is 46.5 Å². The highest BCUT2D eigenvalue weighted by molar-refractivity contribution is 5.68. The molecule has 1 aromatic rings. The van der Waals surface area contributed by atoms with E-state index in [-0.39, 0.29) is 17.8 Å². The number of methoxy groups -OCH3 is 1. The molecular weight excluding hydrogens is 240 g/mol. The molecule has 3 nitrogen and oxygen atoms in total. The third-order valence-corrected chi connectivity index (χ3v) is 3.51. The highest BCUT2D eigenvalue weighted by Crippen LogP contribution is 2.39. The first-order chi connectivity index (χ1) is 8.79. The van der Waals surface area contributed by atoms with Crippen LogP contribution in [0.4, 0.5) is 0 Å². The van der Waals surface area contributed by atoms with Crippen LogP contribution in [-0.2, 0) is 11.2 Å². The lowest BCUT2D eigenvalue weighted by Gasteiger charge is -2.30. The maximum Gasteiger partial charge on any atom is 0.303 e. The van der Waals surface area contributed by atoms with Crippen molar-refractivity contribution in [3.8, 4) is 5.75 Å². The summed E-state index contributed by atoms with van der Waals surface area (Å²) < 4.78 is 5.32. The highest BCUT2D eigenvalue weighted by Gasteiger charge is 2.28. The second-order valence-corrected chi connectivity index (χ2v) is 5.94. The molecule has 0 aliphatic carbocycles. The summed E-state index contributed by atoms with van der Waals surface area (Å²) in [6.45, 7) is 8.31. The zero-order valence-electron chi connectivity index (χ0n) is 12.5. The Balaban J connectivity index is 3.19. The SMILES string of the molecule is CCc1cc(C(CC(=O)O)C(C)(C)C)ccc1OC. The Morgan fingerprint density at radius 3 is 2.42 bits per heavy atom. The molecule has 1 rings (SSSR count). The monoisotopic (exact) mass is 264 g/mol. The summed E-state index contributed by atoms with van der Waals surface area (Å²) in [6, 6.07) is 6.00. The molecule has 0 aromatic heterocycles. The van der Waals surface area contributed by atoms with Crippen molar-refractivity contribution in [3.63, 3.8) is 0 Å². The first kappa shape index (κ1) is 15.5. The summed E-state index contributed by atoms with van der Waals surface area (Å²) in [5, 5.41) is 9.11. The van der Waals surface area contributed by atoms with Crippen LogP contribution >= 0.6 is 0 Å². The summed E-state index contributed by atoms with van der Waals surface area (Å²) in [4.78, 5) is 11.1. The molecule has 0 amide bonds. The van der Waals surface area contributed by atoms with Gasteiger partial charge in [-0.3, -0.25) is 4.79 Å². The maximum atomic E-state index is 11.1. The Labute approximate surface area is 115 Å². The third-order valence-electron chi connectivity index (χ3n) is 3.51. The van der Waals surface area contributed by atoms with Crippen LogP contribution in [0.15, 0.2) is 18.2 Å². The zero-order valence-corrected chi connectivity index (χ0v) is 12.5. The van der Waals surface area contributed by atoms with E-state index in [0.29, 0.717) is 0 Å². The van der Waals surface area contributed by atoms with E-state index in [2.05, 4.69) is 33.8 Å². The molecule has 0 fully saturated rings. The summed E-state index contributed by atoms with van der Waals surface area (Å²) in [7, 11) is 1.66. The molecule has 19 heavy (non-hydrogen) atoms. The molecule has 0 spiro atoms. The van der Waals surface area contributed by atoms with Gasteiger partial charge in [-0.15, -0.1) is 0 Å². The van der Waals surface area contributed by atoms with Crippen molar-refractivity contribution in [1.29, 1.82) is 0 Å². The Bertz CT molecular complexity index is 444. The van der Waals surface area contributed by atoms with Gasteiger partial charge in [-0.05, 0) is 34.9 Å². The number of ether oxygens (including phenoxy) is 1. The zero-order chi connectivity index (χ0) is 14.6. The number of carboxylic acids is 1. The van der Waals surface area contributed by atoms with E-state index in [1.807, 2.05) is 12.1 Å². The van der Waals surface area contributed by atoms with E-state index in [4.69, 9.17) is 9.84 Å². The van der Waals surface area contributed by atoms with Gasteiger partial charge in [0.2, 0.25) is 0 Å². The number of benzene rings is 1. The average molecular weight is 264 g/mol. The fraction of sp³-hybridized carbons (Fsp3) is 0.562. The van der Waals surface area contributed by atoms with Crippen LogP contribution in [0.5, 0.6) is 5.75 Å². The van der Waals surface area contributed by atoms with E-state index >= 15 is 0 Å². The highest BCUT2D eigenvalue weighted by atomic mass is 16.5. The van der Waals surface area contributed by atoms with E-state index in [0.717, 1.165) is 23.3 Å². The topological polar surface area (TPSA) is 46.5 Å². The van der Waals surface area contributed by atoms with Crippen molar-refractivity contribution < 1.29 is 14.6 Å². The number of carbonyl (C=O) groups is 1. The molecule has 0 aliphatic heterocycles. The predicted octanol–water partition coefficient (Wildman–Crippen LogP) is 3.86. The molecule has 106 valence electrons.